The van der Waals surface area contributed by atoms with Crippen molar-refractivity contribution in [2.45, 2.75) is 82.7 Å². The molecular formula is C26H36N2O3. The number of hydrogen-bond donors (Lipinski definition) is 0. The summed E-state index contributed by atoms with van der Waals surface area (Å²) in [6.07, 6.45) is 14.7. The van der Waals surface area contributed by atoms with Crippen LogP contribution in [0.25, 0.3) is 0 Å². The first-order valence-electron chi connectivity index (χ1n) is 12.1. The molecule has 1 atom stereocenters. The predicted molar refractivity (Wildman–Crippen MR) is 122 cm³/mol. The van der Waals surface area contributed by atoms with Gasteiger partial charge in [0, 0.05) is 12.6 Å². The molecule has 2 fully saturated rings. The number of methoxy groups -OCH3 is 1. The maximum atomic E-state index is 13.8. The van der Waals surface area contributed by atoms with Crippen LogP contribution in [0.2, 0.25) is 0 Å². The van der Waals surface area contributed by atoms with Crippen LogP contribution in [-0.2, 0) is 9.59 Å². The number of hydrogen-bond acceptors (Lipinski definition) is 3. The van der Waals surface area contributed by atoms with Gasteiger partial charge in [-0.25, -0.2) is 0 Å². The summed E-state index contributed by atoms with van der Waals surface area (Å²) in [5, 5.41) is 0. The van der Waals surface area contributed by atoms with Crippen LogP contribution < -0.4 is 4.74 Å². The fourth-order valence-electron chi connectivity index (χ4n) is 5.39. The first-order valence-corrected chi connectivity index (χ1v) is 12.1. The summed E-state index contributed by atoms with van der Waals surface area (Å²) in [6.45, 7) is 0.848. The Morgan fingerprint density at radius 1 is 0.968 bits per heavy atom. The van der Waals surface area contributed by atoms with E-state index in [2.05, 4.69) is 6.08 Å². The molecule has 0 aromatic heterocycles. The molecule has 2 aliphatic carbocycles. The molecule has 1 aliphatic heterocycles. The zero-order chi connectivity index (χ0) is 21.6. The van der Waals surface area contributed by atoms with E-state index in [4.69, 9.17) is 4.74 Å². The molecule has 3 aliphatic rings. The van der Waals surface area contributed by atoms with E-state index in [1.165, 1.54) is 31.3 Å². The maximum Gasteiger partial charge on any atom is 0.250 e. The third-order valence-electron chi connectivity index (χ3n) is 7.21. The Morgan fingerprint density at radius 3 is 2.35 bits per heavy atom. The Labute approximate surface area is 186 Å². The summed E-state index contributed by atoms with van der Waals surface area (Å²) in [7, 11) is 1.64. The number of nitrogens with zero attached hydrogens (tertiary/aromatic N) is 2. The number of carbonyl (C=O) groups excluding carboxylic acids is 2. The Hall–Kier alpha value is -2.30. The Balaban J connectivity index is 1.58. The van der Waals surface area contributed by atoms with Crippen LogP contribution in [-0.4, -0.2) is 47.9 Å². The van der Waals surface area contributed by atoms with E-state index in [1.54, 1.807) is 7.11 Å². The second kappa shape index (κ2) is 10.3. The van der Waals surface area contributed by atoms with Gasteiger partial charge < -0.3 is 14.5 Å². The van der Waals surface area contributed by atoms with E-state index in [1.807, 2.05) is 34.1 Å². The first kappa shape index (κ1) is 21.9. The van der Waals surface area contributed by atoms with E-state index in [0.717, 1.165) is 56.3 Å². The number of piperazine rings is 1. The van der Waals surface area contributed by atoms with E-state index in [9.17, 15) is 9.59 Å². The number of rotatable bonds is 6. The van der Waals surface area contributed by atoms with E-state index >= 15 is 0 Å². The summed E-state index contributed by atoms with van der Waals surface area (Å²) in [5.74, 6) is 0.938. The van der Waals surface area contributed by atoms with Crippen molar-refractivity contribution in [3.05, 3.63) is 41.5 Å². The van der Waals surface area contributed by atoms with Crippen LogP contribution in [0.15, 0.2) is 35.9 Å². The van der Waals surface area contributed by atoms with Crippen molar-refractivity contribution < 1.29 is 14.3 Å². The average Bonchev–Trinajstić information content (AvgIpc) is 3.09. The van der Waals surface area contributed by atoms with Gasteiger partial charge in [0.05, 0.1) is 7.11 Å². The monoisotopic (exact) mass is 424 g/mol. The highest BCUT2D eigenvalue weighted by Crippen LogP contribution is 2.33. The van der Waals surface area contributed by atoms with Gasteiger partial charge >= 0.3 is 0 Å². The number of ether oxygens (including phenoxy) is 1. The van der Waals surface area contributed by atoms with Crippen molar-refractivity contribution in [3.8, 4) is 5.75 Å². The SMILES string of the molecule is COc1ccc([C@@H]2C(=O)N(C3CCCCCC3)CC(=O)N2CCC2=CCCCC2)cc1. The van der Waals surface area contributed by atoms with Crippen LogP contribution in [0, 0.1) is 0 Å². The molecule has 1 heterocycles. The molecule has 4 rings (SSSR count). The van der Waals surface area contributed by atoms with Crippen molar-refractivity contribution in [3.63, 3.8) is 0 Å². The summed E-state index contributed by atoms with van der Waals surface area (Å²) in [4.78, 5) is 30.9. The summed E-state index contributed by atoms with van der Waals surface area (Å²) >= 11 is 0. The fourth-order valence-corrected chi connectivity index (χ4v) is 5.39. The van der Waals surface area contributed by atoms with Gasteiger partial charge in [0.25, 0.3) is 5.91 Å². The lowest BCUT2D eigenvalue weighted by Gasteiger charge is -2.43. The average molecular weight is 425 g/mol. The molecule has 5 heteroatoms. The van der Waals surface area contributed by atoms with Gasteiger partial charge in [-0.05, 0) is 62.6 Å². The Kier molecular flexibility index (Phi) is 7.31. The number of benzene rings is 1. The van der Waals surface area contributed by atoms with Crippen LogP contribution in [0.4, 0.5) is 0 Å². The quantitative estimate of drug-likeness (QED) is 0.476. The highest BCUT2D eigenvalue weighted by molar-refractivity contribution is 5.95. The van der Waals surface area contributed by atoms with Gasteiger partial charge in [0.2, 0.25) is 5.91 Å². The normalized spacial score (nSPS) is 23.5. The maximum absolute atomic E-state index is 13.8. The molecule has 5 nitrogen and oxygen atoms in total. The standard InChI is InChI=1S/C26H36N2O3/c1-31-23-15-13-21(14-16-23)25-26(30)28(22-11-7-2-3-8-12-22)19-24(29)27(25)18-17-20-9-5-4-6-10-20/h9,13-16,22,25H,2-8,10-12,17-19H2,1H3/t25-/m1/s1. The molecule has 31 heavy (non-hydrogen) atoms. The van der Waals surface area contributed by atoms with Crippen molar-refractivity contribution in [2.24, 2.45) is 0 Å². The van der Waals surface area contributed by atoms with Crippen molar-refractivity contribution >= 4 is 11.8 Å². The molecule has 0 spiro atoms. The molecule has 1 saturated carbocycles. The number of amides is 2. The second-order valence-electron chi connectivity index (χ2n) is 9.23. The summed E-state index contributed by atoms with van der Waals surface area (Å²) in [5.41, 5.74) is 2.32. The summed E-state index contributed by atoms with van der Waals surface area (Å²) in [6, 6.07) is 7.33. The molecule has 0 bridgehead atoms. The predicted octanol–water partition coefficient (Wildman–Crippen LogP) is 5.02. The van der Waals surface area contributed by atoms with Crippen molar-refractivity contribution in [1.29, 1.82) is 0 Å². The van der Waals surface area contributed by atoms with Crippen LogP contribution in [0.1, 0.15) is 82.2 Å². The van der Waals surface area contributed by atoms with Gasteiger partial charge in [-0.1, -0.05) is 49.5 Å². The highest BCUT2D eigenvalue weighted by Gasteiger charge is 2.42. The zero-order valence-corrected chi connectivity index (χ0v) is 18.9. The fraction of sp³-hybridized carbons (Fsp3) is 0.615. The van der Waals surface area contributed by atoms with Crippen LogP contribution in [0.5, 0.6) is 5.75 Å². The number of carbonyl (C=O) groups is 2. The Morgan fingerprint density at radius 2 is 1.71 bits per heavy atom. The molecular weight excluding hydrogens is 388 g/mol. The van der Waals surface area contributed by atoms with E-state index in [0.29, 0.717) is 6.54 Å². The molecule has 0 unspecified atom stereocenters. The Bertz CT molecular complexity index is 793. The van der Waals surface area contributed by atoms with Gasteiger partial charge in [0.15, 0.2) is 0 Å². The molecule has 0 N–H and O–H groups in total. The highest BCUT2D eigenvalue weighted by atomic mass is 16.5. The minimum absolute atomic E-state index is 0.0843. The van der Waals surface area contributed by atoms with Crippen LogP contribution in [0.3, 0.4) is 0 Å². The molecule has 2 amide bonds. The largest absolute Gasteiger partial charge is 0.497 e. The molecule has 1 saturated heterocycles. The lowest BCUT2D eigenvalue weighted by Crippen LogP contribution is -2.58. The van der Waals surface area contributed by atoms with Gasteiger partial charge in [-0.3, -0.25) is 9.59 Å². The van der Waals surface area contributed by atoms with E-state index in [-0.39, 0.29) is 24.4 Å². The van der Waals surface area contributed by atoms with E-state index < -0.39 is 6.04 Å². The summed E-state index contributed by atoms with van der Waals surface area (Å²) < 4.78 is 5.30. The minimum atomic E-state index is -0.528. The second-order valence-corrected chi connectivity index (χ2v) is 9.23. The van der Waals surface area contributed by atoms with Crippen LogP contribution >= 0.6 is 0 Å². The van der Waals surface area contributed by atoms with Crippen molar-refractivity contribution in [2.75, 3.05) is 20.2 Å². The minimum Gasteiger partial charge on any atom is -0.497 e. The third-order valence-corrected chi connectivity index (χ3v) is 7.21. The topological polar surface area (TPSA) is 49.9 Å². The van der Waals surface area contributed by atoms with Crippen molar-refractivity contribution in [1.82, 2.24) is 9.80 Å². The third kappa shape index (κ3) is 5.13. The lowest BCUT2D eigenvalue weighted by atomic mass is 9.94. The molecule has 1 aromatic carbocycles. The van der Waals surface area contributed by atoms with Gasteiger partial charge in [-0.15, -0.1) is 0 Å². The number of allylic oxidation sites excluding steroid dienone is 1. The molecule has 0 radical (unpaired) electrons. The smallest absolute Gasteiger partial charge is 0.250 e. The lowest BCUT2D eigenvalue weighted by molar-refractivity contribution is -0.158. The molecule has 1 aromatic rings. The first-order chi connectivity index (χ1) is 15.2. The van der Waals surface area contributed by atoms with Gasteiger partial charge in [0.1, 0.15) is 18.3 Å². The zero-order valence-electron chi connectivity index (χ0n) is 18.9. The van der Waals surface area contributed by atoms with Gasteiger partial charge in [-0.2, -0.15) is 0 Å². The molecule has 168 valence electrons.